The van der Waals surface area contributed by atoms with Crippen LogP contribution in [-0.4, -0.2) is 28.6 Å². The molecule has 4 nitrogen and oxygen atoms in total. The van der Waals surface area contributed by atoms with Gasteiger partial charge in [-0.2, -0.15) is 0 Å². The summed E-state index contributed by atoms with van der Waals surface area (Å²) in [6.45, 7) is 4.26. The maximum absolute atomic E-state index is 12.0. The number of amides is 1. The molecule has 0 radical (unpaired) electrons. The lowest BCUT2D eigenvalue weighted by atomic mass is 10.1. The second kappa shape index (κ2) is 5.80. The summed E-state index contributed by atoms with van der Waals surface area (Å²) in [5, 5.41) is 14.8. The van der Waals surface area contributed by atoms with Crippen LogP contribution >= 0.6 is 11.3 Å². The number of nitrogens with zero attached hydrogens (tertiary/aromatic N) is 1. The van der Waals surface area contributed by atoms with Gasteiger partial charge in [0.25, 0.3) is 5.91 Å². The highest BCUT2D eigenvalue weighted by molar-refractivity contribution is 7.09. The Kier molecular flexibility index (Phi) is 4.35. The molecule has 100 valence electrons. The molecular formula is C13H20N2O2S. The third-order valence-corrected chi connectivity index (χ3v) is 4.34. The van der Waals surface area contributed by atoms with Gasteiger partial charge in [-0.3, -0.25) is 4.79 Å². The molecule has 1 aromatic heterocycles. The van der Waals surface area contributed by atoms with E-state index in [1.165, 1.54) is 11.3 Å². The number of carbonyl (C=O) groups excluding carboxylic acids is 1. The average Bonchev–Trinajstić information content (AvgIpc) is 3.04. The summed E-state index contributed by atoms with van der Waals surface area (Å²) in [5.41, 5.74) is 0.507. The second-order valence-corrected chi connectivity index (χ2v) is 6.05. The van der Waals surface area contributed by atoms with E-state index in [0.717, 1.165) is 17.8 Å². The summed E-state index contributed by atoms with van der Waals surface area (Å²) < 4.78 is 0. The highest BCUT2D eigenvalue weighted by Crippen LogP contribution is 2.34. The summed E-state index contributed by atoms with van der Waals surface area (Å²) in [6.07, 6.45) is 2.94. The van der Waals surface area contributed by atoms with Crippen molar-refractivity contribution in [2.24, 2.45) is 5.92 Å². The van der Waals surface area contributed by atoms with Crippen LogP contribution in [0.5, 0.6) is 0 Å². The molecule has 2 rings (SSSR count). The molecule has 0 spiro atoms. The highest BCUT2D eigenvalue weighted by atomic mass is 32.1. The largest absolute Gasteiger partial charge is 0.396 e. The Labute approximate surface area is 111 Å². The summed E-state index contributed by atoms with van der Waals surface area (Å²) in [7, 11) is 0. The Morgan fingerprint density at radius 2 is 2.33 bits per heavy atom. The van der Waals surface area contributed by atoms with E-state index in [1.807, 2.05) is 5.38 Å². The van der Waals surface area contributed by atoms with Crippen LogP contribution in [0.15, 0.2) is 5.38 Å². The fraction of sp³-hybridized carbons (Fsp3) is 0.692. The molecule has 5 heteroatoms. The lowest BCUT2D eigenvalue weighted by Crippen LogP contribution is -2.37. The summed E-state index contributed by atoms with van der Waals surface area (Å²) in [5.74, 6) is 0.793. The van der Waals surface area contributed by atoms with Crippen LogP contribution in [0.2, 0.25) is 0 Å². The van der Waals surface area contributed by atoms with E-state index >= 15 is 0 Å². The molecule has 1 aliphatic rings. The van der Waals surface area contributed by atoms with Gasteiger partial charge in [-0.05, 0) is 25.2 Å². The predicted octanol–water partition coefficient (Wildman–Crippen LogP) is 2.16. The van der Waals surface area contributed by atoms with Gasteiger partial charge in [0.05, 0.1) is 5.01 Å². The number of hydrogen-bond donors (Lipinski definition) is 2. The summed E-state index contributed by atoms with van der Waals surface area (Å²) in [4.78, 5) is 16.4. The van der Waals surface area contributed by atoms with Crippen LogP contribution in [-0.2, 0) is 0 Å². The van der Waals surface area contributed by atoms with Gasteiger partial charge in [-0.15, -0.1) is 11.3 Å². The number of thiazole rings is 1. The molecular weight excluding hydrogens is 248 g/mol. The molecule has 0 saturated heterocycles. The maximum Gasteiger partial charge on any atom is 0.270 e. The fourth-order valence-corrected chi connectivity index (χ4v) is 2.78. The molecule has 18 heavy (non-hydrogen) atoms. The quantitative estimate of drug-likeness (QED) is 0.831. The van der Waals surface area contributed by atoms with Crippen molar-refractivity contribution in [1.82, 2.24) is 10.3 Å². The first kappa shape index (κ1) is 13.5. The average molecular weight is 268 g/mol. The van der Waals surface area contributed by atoms with Gasteiger partial charge in [0.15, 0.2) is 0 Å². The van der Waals surface area contributed by atoms with E-state index in [2.05, 4.69) is 24.1 Å². The maximum atomic E-state index is 12.0. The molecule has 1 atom stereocenters. The molecule has 0 aliphatic heterocycles. The molecule has 2 N–H and O–H groups in total. The predicted molar refractivity (Wildman–Crippen MR) is 71.9 cm³/mol. The number of rotatable bonds is 6. The van der Waals surface area contributed by atoms with Crippen molar-refractivity contribution in [2.45, 2.75) is 45.1 Å². The van der Waals surface area contributed by atoms with Crippen LogP contribution in [0.3, 0.4) is 0 Å². The van der Waals surface area contributed by atoms with Gasteiger partial charge in [-0.25, -0.2) is 4.98 Å². The van der Waals surface area contributed by atoms with Gasteiger partial charge >= 0.3 is 0 Å². The van der Waals surface area contributed by atoms with Gasteiger partial charge in [-0.1, -0.05) is 13.8 Å². The zero-order chi connectivity index (χ0) is 13.1. The lowest BCUT2D eigenvalue weighted by Gasteiger charge is -2.16. The number of aliphatic hydroxyl groups is 1. The molecule has 1 unspecified atom stereocenters. The zero-order valence-electron chi connectivity index (χ0n) is 10.8. The van der Waals surface area contributed by atoms with Gasteiger partial charge in [0, 0.05) is 23.9 Å². The zero-order valence-corrected chi connectivity index (χ0v) is 11.7. The SMILES string of the molecule is CC(C)c1nc(C(=O)NC(CCO)C2CC2)cs1. The molecule has 1 aliphatic carbocycles. The Morgan fingerprint density at radius 3 is 2.83 bits per heavy atom. The highest BCUT2D eigenvalue weighted by Gasteiger charge is 2.32. The van der Waals surface area contributed by atoms with E-state index in [-0.39, 0.29) is 18.6 Å². The third-order valence-electron chi connectivity index (χ3n) is 3.20. The number of nitrogens with one attached hydrogen (secondary N) is 1. The Morgan fingerprint density at radius 1 is 1.61 bits per heavy atom. The van der Waals surface area contributed by atoms with Crippen LogP contribution in [0.4, 0.5) is 0 Å². The van der Waals surface area contributed by atoms with Gasteiger partial charge in [0.2, 0.25) is 0 Å². The van der Waals surface area contributed by atoms with Crippen LogP contribution in [0.25, 0.3) is 0 Å². The number of carbonyl (C=O) groups is 1. The first-order valence-corrected chi connectivity index (χ1v) is 7.37. The molecule has 1 heterocycles. The number of aromatic nitrogens is 1. The minimum atomic E-state index is -0.108. The minimum absolute atomic E-state index is 0.103. The molecule has 1 amide bonds. The molecule has 1 aromatic rings. The van der Waals surface area contributed by atoms with Crippen molar-refractivity contribution < 1.29 is 9.90 Å². The minimum Gasteiger partial charge on any atom is -0.396 e. The third kappa shape index (κ3) is 3.29. The smallest absolute Gasteiger partial charge is 0.270 e. The monoisotopic (exact) mass is 268 g/mol. The van der Waals surface area contributed by atoms with Crippen LogP contribution in [0, 0.1) is 5.92 Å². The Hall–Kier alpha value is -0.940. The molecule has 1 saturated carbocycles. The van der Waals surface area contributed by atoms with E-state index in [4.69, 9.17) is 5.11 Å². The molecule has 0 bridgehead atoms. The Balaban J connectivity index is 1.96. The van der Waals surface area contributed by atoms with Crippen molar-refractivity contribution in [3.63, 3.8) is 0 Å². The lowest BCUT2D eigenvalue weighted by molar-refractivity contribution is 0.0919. The van der Waals surface area contributed by atoms with Gasteiger partial charge in [0.1, 0.15) is 5.69 Å². The number of aliphatic hydroxyl groups excluding tert-OH is 1. The topological polar surface area (TPSA) is 62.2 Å². The van der Waals surface area contributed by atoms with Crippen LogP contribution in [0.1, 0.15) is 54.5 Å². The van der Waals surface area contributed by atoms with E-state index in [0.29, 0.717) is 24.0 Å². The van der Waals surface area contributed by atoms with E-state index in [9.17, 15) is 4.79 Å². The standard InChI is InChI=1S/C13H20N2O2S/c1-8(2)13-15-11(7-18-13)12(17)14-10(5-6-16)9-3-4-9/h7-10,16H,3-6H2,1-2H3,(H,14,17). The normalized spacial score (nSPS) is 16.9. The van der Waals surface area contributed by atoms with E-state index < -0.39 is 0 Å². The summed E-state index contributed by atoms with van der Waals surface area (Å²) >= 11 is 1.53. The van der Waals surface area contributed by atoms with Crippen molar-refractivity contribution in [2.75, 3.05) is 6.61 Å². The molecule has 1 fully saturated rings. The van der Waals surface area contributed by atoms with Crippen LogP contribution < -0.4 is 5.32 Å². The van der Waals surface area contributed by atoms with Gasteiger partial charge < -0.3 is 10.4 Å². The first-order valence-electron chi connectivity index (χ1n) is 6.49. The van der Waals surface area contributed by atoms with Crippen molar-refractivity contribution in [3.05, 3.63) is 16.1 Å². The number of hydrogen-bond acceptors (Lipinski definition) is 4. The molecule has 0 aromatic carbocycles. The van der Waals surface area contributed by atoms with Crippen molar-refractivity contribution in [3.8, 4) is 0 Å². The van der Waals surface area contributed by atoms with Crippen molar-refractivity contribution >= 4 is 17.2 Å². The Bertz CT molecular complexity index is 413. The van der Waals surface area contributed by atoms with E-state index in [1.54, 1.807) is 0 Å². The first-order chi connectivity index (χ1) is 8.61. The fourth-order valence-electron chi connectivity index (χ4n) is 1.96. The summed E-state index contributed by atoms with van der Waals surface area (Å²) in [6, 6.07) is 0.103. The second-order valence-electron chi connectivity index (χ2n) is 5.16. The van der Waals surface area contributed by atoms with Crippen molar-refractivity contribution in [1.29, 1.82) is 0 Å².